The fraction of sp³-hybridized carbons (Fsp3) is 0.231. The number of hydrogen-bond donors (Lipinski definition) is 1. The van der Waals surface area contributed by atoms with Crippen LogP contribution in [0.4, 0.5) is 0 Å². The summed E-state index contributed by atoms with van der Waals surface area (Å²) in [6.07, 6.45) is 6.44. The standard InChI is InChI=1S/C13H14O/c1-2-5-11-9-8-10-6-3-4-7-12(10)13(11)14/h2-4,6-9,11,13-14H,1,5H2. The molecule has 0 bridgehead atoms. The lowest BCUT2D eigenvalue weighted by molar-refractivity contribution is 0.131. The summed E-state index contributed by atoms with van der Waals surface area (Å²) in [5, 5.41) is 10.1. The molecule has 1 aliphatic carbocycles. The Bertz CT molecular complexity index is 365. The first-order valence-electron chi connectivity index (χ1n) is 4.89. The van der Waals surface area contributed by atoms with E-state index in [1.807, 2.05) is 30.3 Å². The molecule has 2 atom stereocenters. The number of rotatable bonds is 2. The van der Waals surface area contributed by atoms with Crippen LogP contribution < -0.4 is 0 Å². The quantitative estimate of drug-likeness (QED) is 0.704. The molecular weight excluding hydrogens is 172 g/mol. The number of allylic oxidation sites excluding steroid dienone is 1. The zero-order valence-electron chi connectivity index (χ0n) is 8.06. The van der Waals surface area contributed by atoms with Crippen LogP contribution in [0.2, 0.25) is 0 Å². The Balaban J connectivity index is 2.34. The molecule has 0 radical (unpaired) electrons. The summed E-state index contributed by atoms with van der Waals surface area (Å²) in [5.41, 5.74) is 2.15. The van der Waals surface area contributed by atoms with Crippen LogP contribution in [0.5, 0.6) is 0 Å². The molecule has 72 valence electrons. The van der Waals surface area contributed by atoms with Crippen molar-refractivity contribution in [3.63, 3.8) is 0 Å². The summed E-state index contributed by atoms with van der Waals surface area (Å²) in [5.74, 6) is 0.183. The molecule has 0 fully saturated rings. The normalized spacial score (nSPS) is 24.4. The molecule has 0 saturated heterocycles. The number of aliphatic hydroxyl groups is 1. The van der Waals surface area contributed by atoms with Crippen molar-refractivity contribution in [3.05, 3.63) is 54.1 Å². The molecule has 2 unspecified atom stereocenters. The molecule has 0 heterocycles. The van der Waals surface area contributed by atoms with Crippen LogP contribution in [0.3, 0.4) is 0 Å². The Kier molecular flexibility index (Phi) is 2.51. The SMILES string of the molecule is C=CCC1C=Cc2ccccc2C1O. The third kappa shape index (κ3) is 1.51. The lowest BCUT2D eigenvalue weighted by atomic mass is 9.85. The molecule has 1 aromatic rings. The van der Waals surface area contributed by atoms with Crippen molar-refractivity contribution in [1.82, 2.24) is 0 Å². The highest BCUT2D eigenvalue weighted by Crippen LogP contribution is 2.33. The molecule has 0 spiro atoms. The first-order valence-corrected chi connectivity index (χ1v) is 4.89. The van der Waals surface area contributed by atoms with Gasteiger partial charge in [-0.2, -0.15) is 0 Å². The van der Waals surface area contributed by atoms with Crippen molar-refractivity contribution in [3.8, 4) is 0 Å². The topological polar surface area (TPSA) is 20.2 Å². The van der Waals surface area contributed by atoms with Crippen LogP contribution in [-0.2, 0) is 0 Å². The molecule has 1 aromatic carbocycles. The van der Waals surface area contributed by atoms with Gasteiger partial charge in [-0.05, 0) is 17.5 Å². The van der Waals surface area contributed by atoms with Gasteiger partial charge < -0.3 is 5.11 Å². The molecule has 0 aliphatic heterocycles. The second kappa shape index (κ2) is 3.81. The second-order valence-corrected chi connectivity index (χ2v) is 3.62. The van der Waals surface area contributed by atoms with Crippen LogP contribution in [0, 0.1) is 5.92 Å². The van der Waals surface area contributed by atoms with Crippen molar-refractivity contribution in [2.45, 2.75) is 12.5 Å². The Hall–Kier alpha value is -1.34. The lowest BCUT2D eigenvalue weighted by Gasteiger charge is -2.24. The van der Waals surface area contributed by atoms with E-state index in [1.165, 1.54) is 0 Å². The zero-order valence-corrected chi connectivity index (χ0v) is 8.06. The molecule has 0 saturated carbocycles. The summed E-state index contributed by atoms with van der Waals surface area (Å²) in [6, 6.07) is 7.97. The van der Waals surface area contributed by atoms with Gasteiger partial charge in [-0.15, -0.1) is 6.58 Å². The van der Waals surface area contributed by atoms with Crippen LogP contribution in [0.1, 0.15) is 23.7 Å². The summed E-state index contributed by atoms with van der Waals surface area (Å²) in [4.78, 5) is 0. The largest absolute Gasteiger partial charge is 0.388 e. The van der Waals surface area contributed by atoms with Gasteiger partial charge in [0.25, 0.3) is 0 Å². The molecule has 14 heavy (non-hydrogen) atoms. The number of fused-ring (bicyclic) bond motifs is 1. The van der Waals surface area contributed by atoms with Gasteiger partial charge in [-0.25, -0.2) is 0 Å². The molecule has 1 nitrogen and oxygen atoms in total. The van der Waals surface area contributed by atoms with E-state index in [0.29, 0.717) is 0 Å². The summed E-state index contributed by atoms with van der Waals surface area (Å²) < 4.78 is 0. The first kappa shape index (κ1) is 9.22. The van der Waals surface area contributed by atoms with E-state index in [0.717, 1.165) is 17.5 Å². The van der Waals surface area contributed by atoms with Crippen LogP contribution in [0.15, 0.2) is 43.0 Å². The summed E-state index contributed by atoms with van der Waals surface area (Å²) in [7, 11) is 0. The summed E-state index contributed by atoms with van der Waals surface area (Å²) >= 11 is 0. The van der Waals surface area contributed by atoms with E-state index >= 15 is 0 Å². The van der Waals surface area contributed by atoms with Crippen molar-refractivity contribution in [1.29, 1.82) is 0 Å². The van der Waals surface area contributed by atoms with E-state index < -0.39 is 0 Å². The van der Waals surface area contributed by atoms with E-state index in [-0.39, 0.29) is 12.0 Å². The van der Waals surface area contributed by atoms with E-state index in [9.17, 15) is 5.11 Å². The molecular formula is C13H14O. The van der Waals surface area contributed by atoms with Gasteiger partial charge in [0.15, 0.2) is 0 Å². The molecule has 0 aromatic heterocycles. The number of aliphatic hydroxyl groups excluding tert-OH is 1. The molecule has 1 aliphatic rings. The molecule has 2 rings (SSSR count). The van der Waals surface area contributed by atoms with Gasteiger partial charge in [0.05, 0.1) is 6.10 Å². The maximum Gasteiger partial charge on any atom is 0.0861 e. The van der Waals surface area contributed by atoms with Crippen molar-refractivity contribution < 1.29 is 5.11 Å². The predicted molar refractivity (Wildman–Crippen MR) is 58.7 cm³/mol. The fourth-order valence-electron chi connectivity index (χ4n) is 1.90. The zero-order chi connectivity index (χ0) is 9.97. The third-order valence-corrected chi connectivity index (χ3v) is 2.68. The maximum absolute atomic E-state index is 10.1. The van der Waals surface area contributed by atoms with Gasteiger partial charge in [-0.1, -0.05) is 42.5 Å². The Morgan fingerprint density at radius 3 is 2.93 bits per heavy atom. The average Bonchev–Trinajstić information content (AvgIpc) is 2.23. The van der Waals surface area contributed by atoms with Gasteiger partial charge >= 0.3 is 0 Å². The second-order valence-electron chi connectivity index (χ2n) is 3.62. The number of benzene rings is 1. The third-order valence-electron chi connectivity index (χ3n) is 2.68. The fourth-order valence-corrected chi connectivity index (χ4v) is 1.90. The van der Waals surface area contributed by atoms with Crippen molar-refractivity contribution >= 4 is 6.08 Å². The minimum Gasteiger partial charge on any atom is -0.388 e. The summed E-state index contributed by atoms with van der Waals surface area (Å²) in [6.45, 7) is 3.70. The highest BCUT2D eigenvalue weighted by molar-refractivity contribution is 5.57. The predicted octanol–water partition coefficient (Wildman–Crippen LogP) is 2.94. The maximum atomic E-state index is 10.1. The molecule has 1 N–H and O–H groups in total. The number of hydrogen-bond acceptors (Lipinski definition) is 1. The van der Waals surface area contributed by atoms with Gasteiger partial charge in [0, 0.05) is 5.92 Å². The van der Waals surface area contributed by atoms with E-state index in [1.54, 1.807) is 0 Å². The highest BCUT2D eigenvalue weighted by atomic mass is 16.3. The average molecular weight is 186 g/mol. The van der Waals surface area contributed by atoms with Gasteiger partial charge in [-0.3, -0.25) is 0 Å². The van der Waals surface area contributed by atoms with Crippen LogP contribution in [0.25, 0.3) is 6.08 Å². The Morgan fingerprint density at radius 2 is 2.14 bits per heavy atom. The van der Waals surface area contributed by atoms with Gasteiger partial charge in [0.2, 0.25) is 0 Å². The monoisotopic (exact) mass is 186 g/mol. The van der Waals surface area contributed by atoms with E-state index in [2.05, 4.69) is 18.7 Å². The van der Waals surface area contributed by atoms with Gasteiger partial charge in [0.1, 0.15) is 0 Å². The van der Waals surface area contributed by atoms with E-state index in [4.69, 9.17) is 0 Å². The van der Waals surface area contributed by atoms with Crippen molar-refractivity contribution in [2.75, 3.05) is 0 Å². The minimum absolute atomic E-state index is 0.183. The minimum atomic E-state index is -0.380. The Labute approximate surface area is 84.4 Å². The van der Waals surface area contributed by atoms with Crippen molar-refractivity contribution in [2.24, 2.45) is 5.92 Å². The first-order chi connectivity index (χ1) is 6.83. The van der Waals surface area contributed by atoms with Crippen LogP contribution >= 0.6 is 0 Å². The smallest absolute Gasteiger partial charge is 0.0861 e. The Morgan fingerprint density at radius 1 is 1.36 bits per heavy atom. The molecule has 1 heteroatoms. The highest BCUT2D eigenvalue weighted by Gasteiger charge is 2.22. The van der Waals surface area contributed by atoms with Crippen LogP contribution in [-0.4, -0.2) is 5.11 Å². The lowest BCUT2D eigenvalue weighted by Crippen LogP contribution is -2.14. The molecule has 0 amide bonds.